The molecule has 5 rings (SSSR count). The van der Waals surface area contributed by atoms with Crippen LogP contribution < -0.4 is 5.32 Å². The SMILES string of the molecule is CCS(=O)(=O)Cc1ccc(-c2ccc(NC(=O)[C@H]3CN4CCC3CC4)cc2)cc1. The lowest BCUT2D eigenvalue weighted by atomic mass is 9.78. The second-order valence-corrected chi connectivity index (χ2v) is 10.5. The van der Waals surface area contributed by atoms with Gasteiger partial charge in [-0.15, -0.1) is 0 Å². The number of hydrogen-bond donors (Lipinski definition) is 1. The molecule has 1 amide bonds. The lowest BCUT2D eigenvalue weighted by Gasteiger charge is -2.43. The van der Waals surface area contributed by atoms with Crippen LogP contribution in [0.3, 0.4) is 0 Å². The summed E-state index contributed by atoms with van der Waals surface area (Å²) in [6.45, 7) is 4.81. The number of nitrogens with one attached hydrogen (secondary N) is 1. The minimum Gasteiger partial charge on any atom is -0.326 e. The summed E-state index contributed by atoms with van der Waals surface area (Å²) >= 11 is 0. The Morgan fingerprint density at radius 2 is 1.59 bits per heavy atom. The van der Waals surface area contributed by atoms with E-state index in [0.717, 1.165) is 54.9 Å². The molecule has 2 aromatic rings. The molecule has 154 valence electrons. The average molecular weight is 413 g/mol. The summed E-state index contributed by atoms with van der Waals surface area (Å²) in [7, 11) is -3.02. The molecular weight excluding hydrogens is 384 g/mol. The van der Waals surface area contributed by atoms with Crippen molar-refractivity contribution in [2.24, 2.45) is 11.8 Å². The van der Waals surface area contributed by atoms with E-state index >= 15 is 0 Å². The van der Waals surface area contributed by atoms with E-state index in [-0.39, 0.29) is 23.3 Å². The van der Waals surface area contributed by atoms with Gasteiger partial charge in [-0.3, -0.25) is 4.79 Å². The molecule has 0 spiro atoms. The molecule has 0 saturated carbocycles. The molecule has 0 unspecified atom stereocenters. The number of rotatable bonds is 6. The van der Waals surface area contributed by atoms with Gasteiger partial charge in [-0.05, 0) is 60.7 Å². The summed E-state index contributed by atoms with van der Waals surface area (Å²) in [5.41, 5.74) is 3.69. The van der Waals surface area contributed by atoms with E-state index in [0.29, 0.717) is 5.92 Å². The number of benzene rings is 2. The second-order valence-electron chi connectivity index (χ2n) is 8.18. The smallest absolute Gasteiger partial charge is 0.229 e. The third kappa shape index (κ3) is 4.70. The Morgan fingerprint density at radius 1 is 1.00 bits per heavy atom. The molecule has 1 N–H and O–H groups in total. The number of sulfone groups is 1. The lowest BCUT2D eigenvalue weighted by molar-refractivity contribution is -0.125. The molecule has 2 aromatic carbocycles. The van der Waals surface area contributed by atoms with Crippen molar-refractivity contribution in [1.29, 1.82) is 0 Å². The quantitative estimate of drug-likeness (QED) is 0.788. The van der Waals surface area contributed by atoms with Gasteiger partial charge in [0, 0.05) is 18.0 Å². The molecule has 3 heterocycles. The highest BCUT2D eigenvalue weighted by molar-refractivity contribution is 7.90. The predicted octanol–water partition coefficient (Wildman–Crippen LogP) is 3.57. The van der Waals surface area contributed by atoms with Gasteiger partial charge in [0.05, 0.1) is 11.7 Å². The summed E-state index contributed by atoms with van der Waals surface area (Å²) in [4.78, 5) is 15.1. The Balaban J connectivity index is 1.39. The van der Waals surface area contributed by atoms with E-state index in [1.54, 1.807) is 6.92 Å². The monoisotopic (exact) mass is 412 g/mol. The maximum atomic E-state index is 12.7. The van der Waals surface area contributed by atoms with Crippen molar-refractivity contribution in [2.45, 2.75) is 25.5 Å². The molecule has 3 aliphatic heterocycles. The maximum absolute atomic E-state index is 12.7. The van der Waals surface area contributed by atoms with Gasteiger partial charge in [0.2, 0.25) is 5.91 Å². The molecule has 3 fully saturated rings. The van der Waals surface area contributed by atoms with Crippen molar-refractivity contribution in [3.8, 4) is 11.1 Å². The molecule has 3 saturated heterocycles. The number of amides is 1. The van der Waals surface area contributed by atoms with Crippen LogP contribution in [0.1, 0.15) is 25.3 Å². The first-order valence-corrected chi connectivity index (χ1v) is 12.2. The minimum atomic E-state index is -3.02. The molecular formula is C23H28N2O3S. The molecule has 0 aromatic heterocycles. The van der Waals surface area contributed by atoms with Crippen LogP contribution in [-0.2, 0) is 20.4 Å². The Morgan fingerprint density at radius 3 is 2.10 bits per heavy atom. The highest BCUT2D eigenvalue weighted by Crippen LogP contribution is 2.33. The fourth-order valence-electron chi connectivity index (χ4n) is 4.39. The standard InChI is InChI=1S/C23H28N2O3S/c1-2-29(27,28)16-17-3-5-18(6-4-17)19-7-9-21(10-8-19)24-23(26)22-15-25-13-11-20(22)12-14-25/h3-10,20,22H,2,11-16H2,1H3,(H,24,26)/t22-/m0/s1. The average Bonchev–Trinajstić information content (AvgIpc) is 2.75. The topological polar surface area (TPSA) is 66.5 Å². The third-order valence-corrected chi connectivity index (χ3v) is 7.91. The predicted molar refractivity (Wildman–Crippen MR) is 116 cm³/mol. The van der Waals surface area contributed by atoms with Crippen molar-refractivity contribution in [3.05, 3.63) is 54.1 Å². The van der Waals surface area contributed by atoms with Gasteiger partial charge < -0.3 is 10.2 Å². The molecule has 29 heavy (non-hydrogen) atoms. The van der Waals surface area contributed by atoms with Gasteiger partial charge in [-0.1, -0.05) is 43.3 Å². The van der Waals surface area contributed by atoms with Crippen molar-refractivity contribution in [2.75, 3.05) is 30.7 Å². The highest BCUT2D eigenvalue weighted by atomic mass is 32.2. The number of hydrogen-bond acceptors (Lipinski definition) is 4. The summed E-state index contributed by atoms with van der Waals surface area (Å²) in [5, 5.41) is 3.08. The summed E-state index contributed by atoms with van der Waals surface area (Å²) < 4.78 is 23.5. The first-order chi connectivity index (χ1) is 13.9. The fraction of sp³-hybridized carbons (Fsp3) is 0.435. The zero-order valence-corrected chi connectivity index (χ0v) is 17.6. The van der Waals surface area contributed by atoms with Crippen LogP contribution in [0.2, 0.25) is 0 Å². The van der Waals surface area contributed by atoms with Gasteiger partial charge in [0.25, 0.3) is 0 Å². The zero-order valence-electron chi connectivity index (χ0n) is 16.8. The number of nitrogens with zero attached hydrogens (tertiary/aromatic N) is 1. The van der Waals surface area contributed by atoms with Gasteiger partial charge in [-0.25, -0.2) is 8.42 Å². The van der Waals surface area contributed by atoms with Crippen molar-refractivity contribution in [3.63, 3.8) is 0 Å². The van der Waals surface area contributed by atoms with E-state index in [1.165, 1.54) is 0 Å². The normalized spacial score (nSPS) is 23.7. The van der Waals surface area contributed by atoms with E-state index in [9.17, 15) is 13.2 Å². The first kappa shape index (κ1) is 20.1. The molecule has 1 atom stereocenters. The number of carbonyl (C=O) groups is 1. The number of anilines is 1. The third-order valence-electron chi connectivity index (χ3n) is 6.26. The molecule has 6 heteroatoms. The van der Waals surface area contributed by atoms with Crippen molar-refractivity contribution >= 4 is 21.4 Å². The molecule has 0 radical (unpaired) electrons. The molecule has 0 aliphatic carbocycles. The van der Waals surface area contributed by atoms with Crippen LogP contribution in [0.5, 0.6) is 0 Å². The van der Waals surface area contributed by atoms with Crippen LogP contribution in [0, 0.1) is 11.8 Å². The van der Waals surface area contributed by atoms with Gasteiger partial charge in [0.15, 0.2) is 9.84 Å². The van der Waals surface area contributed by atoms with Crippen LogP contribution >= 0.6 is 0 Å². The van der Waals surface area contributed by atoms with E-state index in [1.807, 2.05) is 48.5 Å². The Labute approximate surface area is 173 Å². The van der Waals surface area contributed by atoms with E-state index < -0.39 is 9.84 Å². The van der Waals surface area contributed by atoms with E-state index in [4.69, 9.17) is 0 Å². The number of carbonyl (C=O) groups excluding carboxylic acids is 1. The van der Waals surface area contributed by atoms with Crippen LogP contribution in [0.15, 0.2) is 48.5 Å². The second kappa shape index (κ2) is 8.28. The van der Waals surface area contributed by atoms with E-state index in [2.05, 4.69) is 10.2 Å². The Kier molecular flexibility index (Phi) is 5.74. The van der Waals surface area contributed by atoms with Crippen LogP contribution in [0.25, 0.3) is 11.1 Å². The van der Waals surface area contributed by atoms with Crippen molar-refractivity contribution in [1.82, 2.24) is 4.90 Å². The van der Waals surface area contributed by atoms with Gasteiger partial charge in [-0.2, -0.15) is 0 Å². The molecule has 2 bridgehead atoms. The first-order valence-electron chi connectivity index (χ1n) is 10.4. The maximum Gasteiger partial charge on any atom is 0.229 e. The highest BCUT2D eigenvalue weighted by Gasteiger charge is 2.38. The lowest BCUT2D eigenvalue weighted by Crippen LogP contribution is -2.51. The fourth-order valence-corrected chi connectivity index (χ4v) is 5.30. The summed E-state index contributed by atoms with van der Waals surface area (Å²) in [6, 6.07) is 15.5. The zero-order chi connectivity index (χ0) is 20.4. The molecule has 3 aliphatic rings. The largest absolute Gasteiger partial charge is 0.326 e. The summed E-state index contributed by atoms with van der Waals surface area (Å²) in [5.74, 6) is 0.989. The minimum absolute atomic E-state index is 0.0777. The van der Waals surface area contributed by atoms with Gasteiger partial charge >= 0.3 is 0 Å². The Hall–Kier alpha value is -2.18. The van der Waals surface area contributed by atoms with Crippen LogP contribution in [-0.4, -0.2) is 44.6 Å². The Bertz CT molecular complexity index is 960. The number of fused-ring (bicyclic) bond motifs is 3. The number of piperidine rings is 3. The summed E-state index contributed by atoms with van der Waals surface area (Å²) in [6.07, 6.45) is 2.26. The molecule has 5 nitrogen and oxygen atoms in total. The van der Waals surface area contributed by atoms with Crippen LogP contribution in [0.4, 0.5) is 5.69 Å². The van der Waals surface area contributed by atoms with Gasteiger partial charge in [0.1, 0.15) is 0 Å². The van der Waals surface area contributed by atoms with Crippen molar-refractivity contribution < 1.29 is 13.2 Å².